The fourth-order valence-corrected chi connectivity index (χ4v) is 5.75. The van der Waals surface area contributed by atoms with Gasteiger partial charge in [-0.05, 0) is 44.2 Å². The molecule has 36 heavy (non-hydrogen) atoms. The van der Waals surface area contributed by atoms with Crippen molar-refractivity contribution >= 4 is 16.9 Å². The number of hydrogen-bond donors (Lipinski definition) is 1. The number of aromatic nitrogens is 4. The van der Waals surface area contributed by atoms with Crippen LogP contribution in [0.5, 0.6) is 0 Å². The summed E-state index contributed by atoms with van der Waals surface area (Å²) in [5, 5.41) is 0. The lowest BCUT2D eigenvalue weighted by atomic mass is 10.00. The lowest BCUT2D eigenvalue weighted by molar-refractivity contribution is 0.00115. The highest BCUT2D eigenvalue weighted by Crippen LogP contribution is 2.30. The summed E-state index contributed by atoms with van der Waals surface area (Å²) in [6.45, 7) is 2.45. The summed E-state index contributed by atoms with van der Waals surface area (Å²) in [6, 6.07) is 17.8. The van der Waals surface area contributed by atoms with Crippen LogP contribution >= 0.6 is 0 Å². The van der Waals surface area contributed by atoms with Crippen LogP contribution in [-0.2, 0) is 0 Å². The first-order valence-corrected chi connectivity index (χ1v) is 12.8. The zero-order valence-electron chi connectivity index (χ0n) is 20.2. The average molecular weight is 483 g/mol. The van der Waals surface area contributed by atoms with E-state index in [1.165, 1.54) is 0 Å². The third-order valence-electron chi connectivity index (χ3n) is 7.57. The molecular formula is C28H30N6O2. The molecule has 1 amide bonds. The Hall–Kier alpha value is -3.78. The minimum Gasteiger partial charge on any atom is -0.323 e. The predicted molar refractivity (Wildman–Crippen MR) is 139 cm³/mol. The quantitative estimate of drug-likeness (QED) is 0.474. The van der Waals surface area contributed by atoms with E-state index in [2.05, 4.69) is 19.9 Å². The molecule has 2 fully saturated rings. The highest BCUT2D eigenvalue weighted by Gasteiger charge is 2.35. The molecule has 0 spiro atoms. The van der Waals surface area contributed by atoms with Crippen molar-refractivity contribution in [1.82, 2.24) is 29.3 Å². The molecule has 4 heterocycles. The van der Waals surface area contributed by atoms with Gasteiger partial charge in [-0.25, -0.2) is 14.8 Å². The normalized spacial score (nSPS) is 19.6. The SMILES string of the molecule is O=C(c1cnc(-c2ccccc2)nc1)N1CCCCC1N1CCC(n2c(=O)[nH]c3ccccc32)CC1. The number of H-pyrrole nitrogens is 1. The van der Waals surface area contributed by atoms with Crippen LogP contribution in [0.2, 0.25) is 0 Å². The molecule has 8 heteroatoms. The molecule has 6 rings (SSSR count). The number of amides is 1. The Balaban J connectivity index is 1.16. The van der Waals surface area contributed by atoms with Gasteiger partial charge in [0.1, 0.15) is 0 Å². The zero-order chi connectivity index (χ0) is 24.5. The molecule has 0 aliphatic carbocycles. The number of para-hydroxylation sites is 2. The van der Waals surface area contributed by atoms with Crippen LogP contribution in [-0.4, -0.2) is 61.0 Å². The van der Waals surface area contributed by atoms with Crippen LogP contribution in [0, 0.1) is 0 Å². The van der Waals surface area contributed by atoms with E-state index in [0.29, 0.717) is 11.4 Å². The first-order valence-electron chi connectivity index (χ1n) is 12.8. The average Bonchev–Trinajstić information content (AvgIpc) is 3.29. The van der Waals surface area contributed by atoms with E-state index in [0.717, 1.165) is 68.3 Å². The maximum atomic E-state index is 13.5. The second kappa shape index (κ2) is 9.70. The van der Waals surface area contributed by atoms with Crippen molar-refractivity contribution < 1.29 is 4.79 Å². The molecule has 0 radical (unpaired) electrons. The maximum absolute atomic E-state index is 13.5. The molecule has 1 atom stereocenters. The van der Waals surface area contributed by atoms with Gasteiger partial charge >= 0.3 is 5.69 Å². The fraction of sp³-hybridized carbons (Fsp3) is 0.357. The Bertz CT molecular complexity index is 1400. The summed E-state index contributed by atoms with van der Waals surface area (Å²) in [6.07, 6.45) is 8.22. The van der Waals surface area contributed by atoms with Gasteiger partial charge in [0.25, 0.3) is 5.91 Å². The minimum atomic E-state index is -0.0388. The number of aromatic amines is 1. The lowest BCUT2D eigenvalue weighted by Gasteiger charge is -2.45. The third-order valence-corrected chi connectivity index (χ3v) is 7.57. The van der Waals surface area contributed by atoms with E-state index >= 15 is 0 Å². The van der Waals surface area contributed by atoms with E-state index in [1.807, 2.05) is 64.1 Å². The van der Waals surface area contributed by atoms with Crippen LogP contribution in [0.3, 0.4) is 0 Å². The first-order chi connectivity index (χ1) is 17.7. The van der Waals surface area contributed by atoms with E-state index in [-0.39, 0.29) is 23.8 Å². The number of piperidine rings is 2. The largest absolute Gasteiger partial charge is 0.326 e. The van der Waals surface area contributed by atoms with E-state index in [9.17, 15) is 9.59 Å². The standard InChI is InChI=1S/C28H30N6O2/c35-27(21-18-29-26(30-19-21)20-8-2-1-3-9-20)33-15-7-6-12-25(33)32-16-13-22(14-17-32)34-24-11-5-4-10-23(24)31-28(34)36/h1-5,8-11,18-19,22,25H,6-7,12-17H2,(H,31,36). The van der Waals surface area contributed by atoms with Gasteiger partial charge in [0.15, 0.2) is 5.82 Å². The molecule has 2 aromatic heterocycles. The van der Waals surface area contributed by atoms with E-state index in [4.69, 9.17) is 0 Å². The van der Waals surface area contributed by atoms with Gasteiger partial charge in [0.2, 0.25) is 0 Å². The van der Waals surface area contributed by atoms with Crippen molar-refractivity contribution in [1.29, 1.82) is 0 Å². The second-order valence-electron chi connectivity index (χ2n) is 9.72. The van der Waals surface area contributed by atoms with Crippen molar-refractivity contribution in [2.24, 2.45) is 0 Å². The lowest BCUT2D eigenvalue weighted by Crippen LogP contribution is -2.55. The molecule has 1 N–H and O–H groups in total. The Morgan fingerprint density at radius 3 is 2.36 bits per heavy atom. The summed E-state index contributed by atoms with van der Waals surface area (Å²) in [4.78, 5) is 42.5. The Morgan fingerprint density at radius 2 is 1.58 bits per heavy atom. The summed E-state index contributed by atoms with van der Waals surface area (Å²) >= 11 is 0. The number of hydrogen-bond acceptors (Lipinski definition) is 5. The van der Waals surface area contributed by atoms with Gasteiger partial charge in [-0.2, -0.15) is 0 Å². The molecule has 0 saturated carbocycles. The molecule has 184 valence electrons. The zero-order valence-corrected chi connectivity index (χ0v) is 20.2. The molecule has 4 aromatic rings. The number of rotatable bonds is 4. The summed E-state index contributed by atoms with van der Waals surface area (Å²) in [7, 11) is 0. The molecule has 1 unspecified atom stereocenters. The highest BCUT2D eigenvalue weighted by atomic mass is 16.2. The topological polar surface area (TPSA) is 87.1 Å². The molecular weight excluding hydrogens is 452 g/mol. The van der Waals surface area contributed by atoms with E-state index < -0.39 is 0 Å². The number of fused-ring (bicyclic) bond motifs is 1. The van der Waals surface area contributed by atoms with Crippen molar-refractivity contribution in [2.45, 2.75) is 44.3 Å². The summed E-state index contributed by atoms with van der Waals surface area (Å²) < 4.78 is 1.92. The van der Waals surface area contributed by atoms with Gasteiger partial charge in [-0.1, -0.05) is 42.5 Å². The van der Waals surface area contributed by atoms with Gasteiger partial charge < -0.3 is 9.88 Å². The van der Waals surface area contributed by atoms with Crippen LogP contribution < -0.4 is 5.69 Å². The van der Waals surface area contributed by atoms with Crippen LogP contribution in [0.15, 0.2) is 71.8 Å². The Kier molecular flexibility index (Phi) is 6.11. The molecule has 0 bridgehead atoms. The highest BCUT2D eigenvalue weighted by molar-refractivity contribution is 5.94. The number of nitrogens with one attached hydrogen (secondary N) is 1. The first kappa shape index (κ1) is 22.7. The number of likely N-dealkylation sites (tertiary alicyclic amines) is 2. The summed E-state index contributed by atoms with van der Waals surface area (Å²) in [5.41, 5.74) is 3.28. The summed E-state index contributed by atoms with van der Waals surface area (Å²) in [5.74, 6) is 0.617. The predicted octanol–water partition coefficient (Wildman–Crippen LogP) is 4.08. The fourth-order valence-electron chi connectivity index (χ4n) is 5.75. The van der Waals surface area contributed by atoms with Gasteiger partial charge in [-0.3, -0.25) is 14.3 Å². The van der Waals surface area contributed by atoms with Crippen molar-refractivity contribution in [3.8, 4) is 11.4 Å². The number of imidazole rings is 1. The molecule has 2 aromatic carbocycles. The van der Waals surface area contributed by atoms with Gasteiger partial charge in [0.05, 0.1) is 22.8 Å². The number of nitrogens with zero attached hydrogens (tertiary/aromatic N) is 5. The van der Waals surface area contributed by atoms with Crippen molar-refractivity contribution in [2.75, 3.05) is 19.6 Å². The molecule has 2 saturated heterocycles. The molecule has 2 aliphatic heterocycles. The monoisotopic (exact) mass is 482 g/mol. The van der Waals surface area contributed by atoms with Gasteiger partial charge in [0, 0.05) is 43.6 Å². The van der Waals surface area contributed by atoms with Crippen LogP contribution in [0.25, 0.3) is 22.4 Å². The minimum absolute atomic E-state index is 0.00529. The molecule has 2 aliphatic rings. The smallest absolute Gasteiger partial charge is 0.323 e. The van der Waals surface area contributed by atoms with Crippen molar-refractivity contribution in [3.63, 3.8) is 0 Å². The second-order valence-corrected chi connectivity index (χ2v) is 9.72. The van der Waals surface area contributed by atoms with Crippen LogP contribution in [0.4, 0.5) is 0 Å². The van der Waals surface area contributed by atoms with E-state index in [1.54, 1.807) is 12.4 Å². The maximum Gasteiger partial charge on any atom is 0.326 e. The van der Waals surface area contributed by atoms with Gasteiger partial charge in [-0.15, -0.1) is 0 Å². The third kappa shape index (κ3) is 4.22. The van der Waals surface area contributed by atoms with Crippen molar-refractivity contribution in [3.05, 3.63) is 83.0 Å². The number of carbonyl (C=O) groups is 1. The number of carbonyl (C=O) groups excluding carboxylic acids is 1. The number of benzene rings is 2. The molecule has 8 nitrogen and oxygen atoms in total. The Morgan fingerprint density at radius 1 is 0.861 bits per heavy atom. The van der Waals surface area contributed by atoms with Crippen LogP contribution in [0.1, 0.15) is 48.5 Å². The Labute approximate surface area is 209 Å².